The zero-order valence-electron chi connectivity index (χ0n) is 11.1. The van der Waals surface area contributed by atoms with E-state index < -0.39 is 23.9 Å². The topological polar surface area (TPSA) is 113 Å². The van der Waals surface area contributed by atoms with Crippen molar-refractivity contribution in [2.24, 2.45) is 5.73 Å². The lowest BCUT2D eigenvalue weighted by Gasteiger charge is -2.28. The highest BCUT2D eigenvalue weighted by molar-refractivity contribution is 5.81. The van der Waals surface area contributed by atoms with Crippen LogP contribution in [0.15, 0.2) is 0 Å². The molecule has 0 heterocycles. The lowest BCUT2D eigenvalue weighted by Crippen LogP contribution is -2.50. The second-order valence-electron chi connectivity index (χ2n) is 4.98. The number of primary amides is 1. The van der Waals surface area contributed by atoms with Gasteiger partial charge < -0.3 is 21.1 Å². The van der Waals surface area contributed by atoms with Crippen LogP contribution in [-0.2, 0) is 9.59 Å². The van der Waals surface area contributed by atoms with Gasteiger partial charge in [-0.05, 0) is 19.8 Å². The first kappa shape index (κ1) is 15.3. The van der Waals surface area contributed by atoms with Gasteiger partial charge in [0, 0.05) is 18.5 Å². The number of urea groups is 1. The summed E-state index contributed by atoms with van der Waals surface area (Å²) in [5.41, 5.74) is 5.05. The number of hydrogen-bond donors (Lipinski definition) is 3. The van der Waals surface area contributed by atoms with E-state index in [9.17, 15) is 14.4 Å². The van der Waals surface area contributed by atoms with E-state index in [1.54, 1.807) is 6.92 Å². The molecule has 0 aliphatic heterocycles. The highest BCUT2D eigenvalue weighted by atomic mass is 16.4. The number of nitrogens with one attached hydrogen (secondary N) is 1. The normalized spacial score (nSPS) is 16.9. The molecule has 7 nitrogen and oxygen atoms in total. The number of amides is 3. The van der Waals surface area contributed by atoms with Crippen molar-refractivity contribution >= 4 is 17.9 Å². The predicted molar refractivity (Wildman–Crippen MR) is 68.4 cm³/mol. The number of carboxylic acid groups (broad SMARTS) is 1. The van der Waals surface area contributed by atoms with Gasteiger partial charge in [0.05, 0.1) is 0 Å². The number of hydrogen-bond acceptors (Lipinski definition) is 3. The lowest BCUT2D eigenvalue weighted by atomic mass is 10.2. The number of nitrogens with two attached hydrogens (primary N) is 1. The average Bonchev–Trinajstić information content (AvgIpc) is 2.77. The third kappa shape index (κ3) is 5.15. The summed E-state index contributed by atoms with van der Waals surface area (Å²) in [5, 5.41) is 11.5. The molecule has 19 heavy (non-hydrogen) atoms. The number of carbonyl (C=O) groups excluding carboxylic acids is 2. The Morgan fingerprint density at radius 3 is 2.42 bits per heavy atom. The van der Waals surface area contributed by atoms with Crippen LogP contribution in [0.4, 0.5) is 4.79 Å². The maximum atomic E-state index is 12.1. The van der Waals surface area contributed by atoms with Crippen molar-refractivity contribution in [1.82, 2.24) is 10.2 Å². The minimum Gasteiger partial charge on any atom is -0.480 e. The summed E-state index contributed by atoms with van der Waals surface area (Å²) in [6.45, 7) is 1.34. The minimum absolute atomic E-state index is 0.0307. The summed E-state index contributed by atoms with van der Waals surface area (Å²) in [6, 6.07) is -0.873. The summed E-state index contributed by atoms with van der Waals surface area (Å²) in [6.07, 6.45) is 3.70. The third-order valence-corrected chi connectivity index (χ3v) is 3.21. The van der Waals surface area contributed by atoms with Gasteiger partial charge in [0.2, 0.25) is 5.91 Å². The van der Waals surface area contributed by atoms with Crippen LogP contribution in [0, 0.1) is 0 Å². The Morgan fingerprint density at radius 2 is 1.95 bits per heavy atom. The second kappa shape index (κ2) is 6.96. The molecule has 1 fully saturated rings. The Labute approximate surface area is 112 Å². The fourth-order valence-corrected chi connectivity index (χ4v) is 2.37. The maximum absolute atomic E-state index is 12.1. The van der Waals surface area contributed by atoms with E-state index >= 15 is 0 Å². The van der Waals surface area contributed by atoms with Crippen molar-refractivity contribution in [2.75, 3.05) is 6.54 Å². The molecule has 1 unspecified atom stereocenters. The summed E-state index contributed by atoms with van der Waals surface area (Å²) in [5.74, 6) is -1.54. The van der Waals surface area contributed by atoms with Gasteiger partial charge >= 0.3 is 12.0 Å². The average molecular weight is 271 g/mol. The molecular weight excluding hydrogens is 250 g/mol. The summed E-state index contributed by atoms with van der Waals surface area (Å²) in [7, 11) is 0. The molecule has 0 aromatic rings. The van der Waals surface area contributed by atoms with Gasteiger partial charge in [0.25, 0.3) is 0 Å². The van der Waals surface area contributed by atoms with Crippen LogP contribution in [0.5, 0.6) is 0 Å². The largest absolute Gasteiger partial charge is 0.480 e. The van der Waals surface area contributed by atoms with Gasteiger partial charge in [-0.25, -0.2) is 4.79 Å². The molecule has 3 amide bonds. The Hall–Kier alpha value is -1.79. The molecule has 0 radical (unpaired) electrons. The van der Waals surface area contributed by atoms with Crippen LogP contribution in [0.1, 0.15) is 39.0 Å². The highest BCUT2D eigenvalue weighted by Crippen LogP contribution is 2.23. The molecule has 0 spiro atoms. The molecule has 1 saturated carbocycles. The Morgan fingerprint density at radius 1 is 1.37 bits per heavy atom. The van der Waals surface area contributed by atoms with Crippen LogP contribution in [-0.4, -0.2) is 46.5 Å². The first-order valence-electron chi connectivity index (χ1n) is 6.47. The standard InChI is InChI=1S/C12H21N3O4/c1-8(6-10(13)16)14-12(19)15(7-11(17)18)9-4-2-3-5-9/h8-9H,2-7H2,1H3,(H2,13,16)(H,14,19)(H,17,18). The molecule has 0 saturated heterocycles. The lowest BCUT2D eigenvalue weighted by molar-refractivity contribution is -0.138. The van der Waals surface area contributed by atoms with E-state index in [0.29, 0.717) is 0 Å². The Balaban J connectivity index is 2.60. The smallest absolute Gasteiger partial charge is 0.323 e. The number of carboxylic acids is 1. The third-order valence-electron chi connectivity index (χ3n) is 3.21. The van der Waals surface area contributed by atoms with Gasteiger partial charge in [-0.2, -0.15) is 0 Å². The molecule has 4 N–H and O–H groups in total. The van der Waals surface area contributed by atoms with E-state index in [2.05, 4.69) is 5.32 Å². The quantitative estimate of drug-likeness (QED) is 0.644. The van der Waals surface area contributed by atoms with Gasteiger partial charge in [-0.15, -0.1) is 0 Å². The van der Waals surface area contributed by atoms with Crippen LogP contribution < -0.4 is 11.1 Å². The van der Waals surface area contributed by atoms with Crippen molar-refractivity contribution in [2.45, 2.75) is 51.1 Å². The van der Waals surface area contributed by atoms with Crippen molar-refractivity contribution in [1.29, 1.82) is 0 Å². The molecule has 1 atom stereocenters. The molecule has 0 aromatic heterocycles. The second-order valence-corrected chi connectivity index (χ2v) is 4.98. The molecule has 0 bridgehead atoms. The van der Waals surface area contributed by atoms with Gasteiger partial charge in [-0.1, -0.05) is 12.8 Å². The highest BCUT2D eigenvalue weighted by Gasteiger charge is 2.29. The summed E-state index contributed by atoms with van der Waals surface area (Å²) in [4.78, 5) is 35.0. The van der Waals surface area contributed by atoms with Crippen LogP contribution >= 0.6 is 0 Å². The molecule has 1 rings (SSSR count). The molecular formula is C12H21N3O4. The summed E-state index contributed by atoms with van der Waals surface area (Å²) >= 11 is 0. The van der Waals surface area contributed by atoms with Crippen LogP contribution in [0.2, 0.25) is 0 Å². The van der Waals surface area contributed by atoms with E-state index in [1.807, 2.05) is 0 Å². The first-order valence-corrected chi connectivity index (χ1v) is 6.47. The first-order chi connectivity index (χ1) is 8.90. The molecule has 1 aliphatic rings. The zero-order chi connectivity index (χ0) is 14.4. The minimum atomic E-state index is -1.04. The molecule has 108 valence electrons. The van der Waals surface area contributed by atoms with Gasteiger partial charge in [0.15, 0.2) is 0 Å². The van der Waals surface area contributed by atoms with Crippen molar-refractivity contribution < 1.29 is 19.5 Å². The van der Waals surface area contributed by atoms with E-state index in [-0.39, 0.29) is 19.0 Å². The number of rotatable bonds is 6. The van der Waals surface area contributed by atoms with Gasteiger partial charge in [-0.3, -0.25) is 9.59 Å². The number of nitrogens with zero attached hydrogens (tertiary/aromatic N) is 1. The van der Waals surface area contributed by atoms with Gasteiger partial charge in [0.1, 0.15) is 6.54 Å². The number of carbonyl (C=O) groups is 3. The Kier molecular flexibility index (Phi) is 5.59. The zero-order valence-corrected chi connectivity index (χ0v) is 11.1. The SMILES string of the molecule is CC(CC(N)=O)NC(=O)N(CC(=O)O)C1CCCC1. The molecule has 7 heteroatoms. The van der Waals surface area contributed by atoms with Crippen LogP contribution in [0.3, 0.4) is 0 Å². The van der Waals surface area contributed by atoms with Crippen LogP contribution in [0.25, 0.3) is 0 Å². The van der Waals surface area contributed by atoms with Crippen molar-refractivity contribution in [3.8, 4) is 0 Å². The molecule has 1 aliphatic carbocycles. The van der Waals surface area contributed by atoms with E-state index in [4.69, 9.17) is 10.8 Å². The van der Waals surface area contributed by atoms with E-state index in [0.717, 1.165) is 25.7 Å². The fraction of sp³-hybridized carbons (Fsp3) is 0.750. The Bertz CT molecular complexity index is 353. The van der Waals surface area contributed by atoms with Crippen molar-refractivity contribution in [3.63, 3.8) is 0 Å². The maximum Gasteiger partial charge on any atom is 0.323 e. The monoisotopic (exact) mass is 271 g/mol. The fourth-order valence-electron chi connectivity index (χ4n) is 2.37. The van der Waals surface area contributed by atoms with E-state index in [1.165, 1.54) is 4.90 Å². The molecule has 0 aromatic carbocycles. The summed E-state index contributed by atoms with van der Waals surface area (Å²) < 4.78 is 0. The predicted octanol–water partition coefficient (Wildman–Crippen LogP) is 0.289. The van der Waals surface area contributed by atoms with Crippen molar-refractivity contribution in [3.05, 3.63) is 0 Å². The number of aliphatic carboxylic acids is 1.